The van der Waals surface area contributed by atoms with Crippen LogP contribution in [0.5, 0.6) is 0 Å². The van der Waals surface area contributed by atoms with Crippen LogP contribution in [0, 0.1) is 0 Å². The first kappa shape index (κ1) is 20.1. The lowest BCUT2D eigenvalue weighted by atomic mass is 10.1. The highest BCUT2D eigenvalue weighted by molar-refractivity contribution is 9.10. The Kier molecular flexibility index (Phi) is 4.48. The number of hydrogen-bond acceptors (Lipinski definition) is 0. The van der Waals surface area contributed by atoms with Crippen molar-refractivity contribution in [2.24, 2.45) is 0 Å². The largest absolute Gasteiger partial charge is 0.309 e. The molecule has 2 heterocycles. The van der Waals surface area contributed by atoms with Crippen molar-refractivity contribution in [1.82, 2.24) is 9.13 Å². The van der Waals surface area contributed by atoms with Crippen LogP contribution < -0.4 is 0 Å². The van der Waals surface area contributed by atoms with Crippen LogP contribution >= 0.6 is 31.9 Å². The van der Waals surface area contributed by atoms with Crippen LogP contribution in [0.2, 0.25) is 0 Å². The molecule has 2 aromatic heterocycles. The fraction of sp³-hybridized carbons (Fsp3) is 0. The van der Waals surface area contributed by atoms with Crippen LogP contribution in [0.1, 0.15) is 0 Å². The molecule has 5 aromatic carbocycles. The summed E-state index contributed by atoms with van der Waals surface area (Å²) < 4.78 is 6.92. The van der Waals surface area contributed by atoms with Gasteiger partial charge in [-0.1, -0.05) is 86.5 Å². The zero-order valence-corrected chi connectivity index (χ0v) is 21.2. The Labute approximate surface area is 213 Å². The van der Waals surface area contributed by atoms with Crippen LogP contribution in [-0.4, -0.2) is 9.13 Å². The van der Waals surface area contributed by atoms with Gasteiger partial charge in [-0.3, -0.25) is 0 Å². The fourth-order valence-electron chi connectivity index (χ4n) is 5.29. The first-order valence-electron chi connectivity index (χ1n) is 11.2. The molecule has 0 aliphatic heterocycles. The molecular formula is C30H18Br2N2. The van der Waals surface area contributed by atoms with Crippen molar-refractivity contribution in [3.05, 3.63) is 118 Å². The maximum absolute atomic E-state index is 3.68. The molecule has 0 saturated carbocycles. The molecule has 2 nitrogen and oxygen atoms in total. The molecule has 0 fully saturated rings. The monoisotopic (exact) mass is 564 g/mol. The van der Waals surface area contributed by atoms with Crippen molar-refractivity contribution in [3.63, 3.8) is 0 Å². The summed E-state index contributed by atoms with van der Waals surface area (Å²) in [7, 11) is 0. The average molecular weight is 566 g/mol. The zero-order valence-electron chi connectivity index (χ0n) is 18.0. The molecule has 0 spiro atoms. The SMILES string of the molecule is Brc1cccc(-n2c3ccccc3c3c2ccc2c4ccccc4n(-c4cccc(Br)c4)c23)c1. The fourth-order valence-corrected chi connectivity index (χ4v) is 6.06. The van der Waals surface area contributed by atoms with Crippen LogP contribution in [0.15, 0.2) is 118 Å². The van der Waals surface area contributed by atoms with Crippen LogP contribution in [0.3, 0.4) is 0 Å². The van der Waals surface area contributed by atoms with Crippen molar-refractivity contribution < 1.29 is 0 Å². The molecule has 0 atom stereocenters. The van der Waals surface area contributed by atoms with Gasteiger partial charge in [-0.2, -0.15) is 0 Å². The normalized spacial score (nSPS) is 11.8. The number of nitrogens with zero attached hydrogens (tertiary/aromatic N) is 2. The number of benzene rings is 5. The van der Waals surface area contributed by atoms with Gasteiger partial charge in [-0.25, -0.2) is 0 Å². The maximum Gasteiger partial charge on any atom is 0.0641 e. The highest BCUT2D eigenvalue weighted by atomic mass is 79.9. The Morgan fingerprint density at radius 2 is 1.03 bits per heavy atom. The minimum atomic E-state index is 1.07. The van der Waals surface area contributed by atoms with E-state index in [1.165, 1.54) is 43.6 Å². The first-order valence-corrected chi connectivity index (χ1v) is 12.8. The van der Waals surface area contributed by atoms with Crippen LogP contribution in [0.4, 0.5) is 0 Å². The first-order chi connectivity index (χ1) is 16.7. The molecular weight excluding hydrogens is 548 g/mol. The summed E-state index contributed by atoms with van der Waals surface area (Å²) in [6, 6.07) is 39.0. The predicted molar refractivity (Wildman–Crippen MR) is 151 cm³/mol. The van der Waals surface area contributed by atoms with Gasteiger partial charge in [0.15, 0.2) is 0 Å². The summed E-state index contributed by atoms with van der Waals surface area (Å²) in [4.78, 5) is 0. The smallest absolute Gasteiger partial charge is 0.0641 e. The molecule has 0 amide bonds. The zero-order chi connectivity index (χ0) is 22.8. The highest BCUT2D eigenvalue weighted by Crippen LogP contribution is 2.42. The Morgan fingerprint density at radius 3 is 1.71 bits per heavy atom. The van der Waals surface area contributed by atoms with Gasteiger partial charge < -0.3 is 9.13 Å². The lowest BCUT2D eigenvalue weighted by Crippen LogP contribution is -1.95. The maximum atomic E-state index is 3.68. The third-order valence-electron chi connectivity index (χ3n) is 6.60. The number of para-hydroxylation sites is 2. The Bertz CT molecular complexity index is 1890. The summed E-state index contributed by atoms with van der Waals surface area (Å²) in [5, 5.41) is 5.05. The third-order valence-corrected chi connectivity index (χ3v) is 7.59. The van der Waals surface area contributed by atoms with Gasteiger partial charge in [0.1, 0.15) is 0 Å². The van der Waals surface area contributed by atoms with Gasteiger partial charge >= 0.3 is 0 Å². The molecule has 7 rings (SSSR count). The average Bonchev–Trinajstić information content (AvgIpc) is 3.37. The number of hydrogen-bond donors (Lipinski definition) is 0. The lowest BCUT2D eigenvalue weighted by Gasteiger charge is -2.10. The molecule has 162 valence electrons. The van der Waals surface area contributed by atoms with E-state index in [0.29, 0.717) is 0 Å². The second-order valence-electron chi connectivity index (χ2n) is 8.52. The van der Waals surface area contributed by atoms with Gasteiger partial charge in [0.05, 0.1) is 22.1 Å². The molecule has 0 saturated heterocycles. The van der Waals surface area contributed by atoms with Gasteiger partial charge in [0.25, 0.3) is 0 Å². The van der Waals surface area contributed by atoms with E-state index in [-0.39, 0.29) is 0 Å². The second-order valence-corrected chi connectivity index (χ2v) is 10.4. The summed E-state index contributed by atoms with van der Waals surface area (Å²) in [6.07, 6.45) is 0. The van der Waals surface area contributed by atoms with Gasteiger partial charge in [-0.15, -0.1) is 0 Å². The van der Waals surface area contributed by atoms with E-state index in [0.717, 1.165) is 20.3 Å². The lowest BCUT2D eigenvalue weighted by molar-refractivity contribution is 1.17. The van der Waals surface area contributed by atoms with Crippen molar-refractivity contribution >= 4 is 75.5 Å². The minimum Gasteiger partial charge on any atom is -0.309 e. The van der Waals surface area contributed by atoms with E-state index in [2.05, 4.69) is 150 Å². The van der Waals surface area contributed by atoms with Gasteiger partial charge in [0, 0.05) is 41.9 Å². The third kappa shape index (κ3) is 2.85. The Balaban J connectivity index is 1.75. The van der Waals surface area contributed by atoms with Crippen molar-refractivity contribution in [3.8, 4) is 11.4 Å². The molecule has 0 unspecified atom stereocenters. The second kappa shape index (κ2) is 7.59. The van der Waals surface area contributed by atoms with Crippen molar-refractivity contribution in [2.45, 2.75) is 0 Å². The van der Waals surface area contributed by atoms with E-state index >= 15 is 0 Å². The molecule has 7 aromatic rings. The van der Waals surface area contributed by atoms with E-state index in [1.807, 2.05) is 0 Å². The number of aromatic nitrogens is 2. The summed E-state index contributed by atoms with van der Waals surface area (Å²) in [5.74, 6) is 0. The van der Waals surface area contributed by atoms with Crippen LogP contribution in [0.25, 0.3) is 55.0 Å². The molecule has 0 radical (unpaired) electrons. The van der Waals surface area contributed by atoms with Gasteiger partial charge in [-0.05, 0) is 54.6 Å². The standard InChI is InChI=1S/C30H18Br2N2/c31-19-7-5-9-21(17-19)33-27-14-4-2-12-25(27)29-28(33)16-15-24-23-11-1-3-13-26(23)34(30(24)29)22-10-6-8-20(32)18-22/h1-18H. The summed E-state index contributed by atoms with van der Waals surface area (Å²) >= 11 is 7.35. The molecule has 0 bridgehead atoms. The number of rotatable bonds is 2. The van der Waals surface area contributed by atoms with Crippen molar-refractivity contribution in [1.29, 1.82) is 0 Å². The molecule has 0 N–H and O–H groups in total. The number of halogens is 2. The topological polar surface area (TPSA) is 9.86 Å². The summed E-state index contributed by atoms with van der Waals surface area (Å²) in [5.41, 5.74) is 7.14. The highest BCUT2D eigenvalue weighted by Gasteiger charge is 2.20. The molecule has 0 aliphatic rings. The summed E-state index contributed by atoms with van der Waals surface area (Å²) in [6.45, 7) is 0. The van der Waals surface area contributed by atoms with Crippen LogP contribution in [-0.2, 0) is 0 Å². The van der Waals surface area contributed by atoms with Crippen molar-refractivity contribution in [2.75, 3.05) is 0 Å². The van der Waals surface area contributed by atoms with E-state index in [9.17, 15) is 0 Å². The van der Waals surface area contributed by atoms with E-state index in [1.54, 1.807) is 0 Å². The molecule has 0 aliphatic carbocycles. The number of fused-ring (bicyclic) bond motifs is 7. The van der Waals surface area contributed by atoms with Gasteiger partial charge in [0.2, 0.25) is 0 Å². The van der Waals surface area contributed by atoms with E-state index in [4.69, 9.17) is 0 Å². The quantitative estimate of drug-likeness (QED) is 0.197. The Morgan fingerprint density at radius 1 is 0.441 bits per heavy atom. The van der Waals surface area contributed by atoms with E-state index < -0.39 is 0 Å². The minimum absolute atomic E-state index is 1.07. The molecule has 34 heavy (non-hydrogen) atoms. The predicted octanol–water partition coefficient (Wildman–Crippen LogP) is 9.41. The Hall–Kier alpha value is -3.34. The molecule has 4 heteroatoms.